The van der Waals surface area contributed by atoms with Gasteiger partial charge in [-0.3, -0.25) is 0 Å². The first kappa shape index (κ1) is 32.8. The van der Waals surface area contributed by atoms with Crippen LogP contribution < -0.4 is 10.6 Å². The summed E-state index contributed by atoms with van der Waals surface area (Å²) in [6, 6.07) is 67.9. The molecule has 0 spiro atoms. The van der Waals surface area contributed by atoms with Crippen molar-refractivity contribution in [3.63, 3.8) is 0 Å². The molecule has 0 fully saturated rings. The number of hydrogen-bond acceptors (Lipinski definition) is 2. The first-order valence-corrected chi connectivity index (χ1v) is 19.1. The van der Waals surface area contributed by atoms with Crippen molar-refractivity contribution in [3.05, 3.63) is 205 Å². The fourth-order valence-corrected chi connectivity index (χ4v) is 8.87. The Morgan fingerprint density at radius 1 is 0.527 bits per heavy atom. The second kappa shape index (κ2) is 12.9. The Hall–Kier alpha value is -6.84. The molecule has 0 unspecified atom stereocenters. The molecule has 264 valence electrons. The zero-order valence-electron chi connectivity index (χ0n) is 31.1. The molecule has 1 aromatic heterocycles. The molecule has 1 aliphatic carbocycles. The van der Waals surface area contributed by atoms with Crippen molar-refractivity contribution >= 4 is 38.9 Å². The van der Waals surface area contributed by atoms with E-state index >= 15 is 0 Å². The monoisotopic (exact) mass is 707 g/mol. The van der Waals surface area contributed by atoms with Gasteiger partial charge >= 0.3 is 0 Å². The zero-order chi connectivity index (χ0) is 37.1. The summed E-state index contributed by atoms with van der Waals surface area (Å²) < 4.78 is 2.51. The summed E-state index contributed by atoms with van der Waals surface area (Å²) in [6.45, 7) is 5.49. The summed E-state index contributed by atoms with van der Waals surface area (Å²) in [7, 11) is 0. The first-order valence-electron chi connectivity index (χ1n) is 19.1. The standard InChI is InChI=1S/C52H41N3/c1-52(2)46-33-39(37-16-8-4-9-17-37)24-28-42(46)43-29-30-44-45-32-38(36-14-6-3-7-15-36)25-31-48(45)55(51(44)50(43)52)41-26-22-35(23-27-41)34-54(40-18-10-5-11-19-40)49-21-13-12-20-47(49)53/h3-33H,34,53H2,1-2H3. The summed E-state index contributed by atoms with van der Waals surface area (Å²) in [5, 5.41) is 2.53. The van der Waals surface area contributed by atoms with Crippen LogP contribution in [0.25, 0.3) is 60.9 Å². The Morgan fingerprint density at radius 2 is 1.13 bits per heavy atom. The summed E-state index contributed by atoms with van der Waals surface area (Å²) in [5.74, 6) is 0. The maximum absolute atomic E-state index is 6.55. The van der Waals surface area contributed by atoms with Gasteiger partial charge in [0.2, 0.25) is 0 Å². The van der Waals surface area contributed by atoms with Crippen molar-refractivity contribution < 1.29 is 0 Å². The minimum atomic E-state index is -0.227. The van der Waals surface area contributed by atoms with Crippen LogP contribution >= 0.6 is 0 Å². The van der Waals surface area contributed by atoms with E-state index in [0.717, 1.165) is 22.7 Å². The third kappa shape index (κ3) is 5.42. The maximum atomic E-state index is 6.55. The van der Waals surface area contributed by atoms with Crippen LogP contribution in [0.15, 0.2) is 188 Å². The van der Waals surface area contributed by atoms with Crippen LogP contribution in [0.5, 0.6) is 0 Å². The molecule has 10 rings (SSSR count). The molecular formula is C52H41N3. The van der Waals surface area contributed by atoms with Gasteiger partial charge in [-0.2, -0.15) is 0 Å². The van der Waals surface area contributed by atoms with Crippen LogP contribution in [0.1, 0.15) is 30.5 Å². The van der Waals surface area contributed by atoms with Gasteiger partial charge in [0.25, 0.3) is 0 Å². The topological polar surface area (TPSA) is 34.2 Å². The summed E-state index contributed by atoms with van der Waals surface area (Å²) in [5.41, 5.74) is 24.3. The van der Waals surface area contributed by atoms with E-state index in [9.17, 15) is 0 Å². The number of aromatic nitrogens is 1. The number of hydrogen-bond donors (Lipinski definition) is 1. The van der Waals surface area contributed by atoms with E-state index < -0.39 is 0 Å². The van der Waals surface area contributed by atoms with E-state index in [1.807, 2.05) is 12.1 Å². The number of fused-ring (bicyclic) bond motifs is 7. The van der Waals surface area contributed by atoms with Crippen molar-refractivity contribution in [1.82, 2.24) is 4.57 Å². The lowest BCUT2D eigenvalue weighted by Crippen LogP contribution is -2.18. The molecule has 3 heteroatoms. The van der Waals surface area contributed by atoms with Crippen LogP contribution in [0, 0.1) is 0 Å². The molecule has 1 heterocycles. The van der Waals surface area contributed by atoms with E-state index in [1.165, 1.54) is 71.9 Å². The Morgan fingerprint density at radius 3 is 1.82 bits per heavy atom. The van der Waals surface area contributed by atoms with Gasteiger partial charge in [0.05, 0.1) is 22.4 Å². The number of nitrogen functional groups attached to an aromatic ring is 1. The molecular weight excluding hydrogens is 667 g/mol. The lowest BCUT2D eigenvalue weighted by molar-refractivity contribution is 0.664. The molecule has 0 bridgehead atoms. The van der Waals surface area contributed by atoms with E-state index in [4.69, 9.17) is 5.73 Å². The molecule has 0 aliphatic heterocycles. The van der Waals surface area contributed by atoms with Gasteiger partial charge < -0.3 is 15.2 Å². The number of benzene rings is 8. The van der Waals surface area contributed by atoms with Gasteiger partial charge in [-0.15, -0.1) is 0 Å². The normalized spacial score (nSPS) is 12.8. The van der Waals surface area contributed by atoms with E-state index in [0.29, 0.717) is 6.54 Å². The molecule has 55 heavy (non-hydrogen) atoms. The van der Waals surface area contributed by atoms with Crippen molar-refractivity contribution in [2.24, 2.45) is 0 Å². The molecule has 0 atom stereocenters. The van der Waals surface area contributed by atoms with Crippen LogP contribution in [-0.4, -0.2) is 4.57 Å². The lowest BCUT2D eigenvalue weighted by Gasteiger charge is -2.27. The highest BCUT2D eigenvalue weighted by atomic mass is 15.1. The fraction of sp³-hybridized carbons (Fsp3) is 0.0769. The molecule has 9 aromatic rings. The number of nitrogens with zero attached hydrogens (tertiary/aromatic N) is 2. The lowest BCUT2D eigenvalue weighted by atomic mass is 9.80. The quantitative estimate of drug-likeness (QED) is 0.167. The van der Waals surface area contributed by atoms with E-state index in [2.05, 4.69) is 199 Å². The first-order chi connectivity index (χ1) is 27.0. The van der Waals surface area contributed by atoms with Gasteiger partial charge in [0.15, 0.2) is 0 Å². The maximum Gasteiger partial charge on any atom is 0.0647 e. The number of nitrogens with two attached hydrogens (primary N) is 1. The Kier molecular flexibility index (Phi) is 7.71. The minimum absolute atomic E-state index is 0.227. The van der Waals surface area contributed by atoms with Crippen LogP contribution in [0.2, 0.25) is 0 Å². The molecule has 0 saturated carbocycles. The third-order valence-electron chi connectivity index (χ3n) is 11.6. The predicted molar refractivity (Wildman–Crippen MR) is 232 cm³/mol. The number of rotatable bonds is 7. The SMILES string of the molecule is CC1(C)c2cc(-c3ccccc3)ccc2-c2ccc3c4cc(-c5ccccc5)ccc4n(-c4ccc(CN(c5ccccc5)c5ccccc5N)cc4)c3c21. The van der Waals surface area contributed by atoms with Crippen molar-refractivity contribution in [1.29, 1.82) is 0 Å². The van der Waals surface area contributed by atoms with Gasteiger partial charge in [-0.25, -0.2) is 0 Å². The molecule has 0 amide bonds. The highest BCUT2D eigenvalue weighted by Gasteiger charge is 2.39. The summed E-state index contributed by atoms with van der Waals surface area (Å²) in [6.07, 6.45) is 0. The largest absolute Gasteiger partial charge is 0.397 e. The van der Waals surface area contributed by atoms with E-state index in [-0.39, 0.29) is 5.41 Å². The van der Waals surface area contributed by atoms with Gasteiger partial charge in [-0.1, -0.05) is 147 Å². The Balaban J connectivity index is 1.14. The third-order valence-corrected chi connectivity index (χ3v) is 11.6. The molecule has 2 N–H and O–H groups in total. The summed E-state index contributed by atoms with van der Waals surface area (Å²) in [4.78, 5) is 2.30. The zero-order valence-corrected chi connectivity index (χ0v) is 31.1. The fourth-order valence-electron chi connectivity index (χ4n) is 8.87. The van der Waals surface area contributed by atoms with Crippen molar-refractivity contribution in [3.8, 4) is 39.1 Å². The smallest absolute Gasteiger partial charge is 0.0647 e. The molecule has 0 saturated heterocycles. The Bertz CT molecular complexity index is 2850. The Labute approximate surface area is 322 Å². The molecule has 0 radical (unpaired) electrons. The van der Waals surface area contributed by atoms with Crippen LogP contribution in [-0.2, 0) is 12.0 Å². The van der Waals surface area contributed by atoms with Crippen molar-refractivity contribution in [2.75, 3.05) is 10.6 Å². The van der Waals surface area contributed by atoms with Crippen LogP contribution in [0.3, 0.4) is 0 Å². The number of para-hydroxylation sites is 3. The second-order valence-corrected chi connectivity index (χ2v) is 15.2. The molecule has 1 aliphatic rings. The average Bonchev–Trinajstić information content (AvgIpc) is 3.69. The number of anilines is 3. The molecule has 8 aromatic carbocycles. The van der Waals surface area contributed by atoms with E-state index in [1.54, 1.807) is 0 Å². The average molecular weight is 708 g/mol. The highest BCUT2D eigenvalue weighted by Crippen LogP contribution is 2.54. The van der Waals surface area contributed by atoms with Gasteiger partial charge in [0.1, 0.15) is 0 Å². The second-order valence-electron chi connectivity index (χ2n) is 15.2. The molecule has 3 nitrogen and oxygen atoms in total. The van der Waals surface area contributed by atoms with Gasteiger partial charge in [-0.05, 0) is 105 Å². The predicted octanol–water partition coefficient (Wildman–Crippen LogP) is 13.3. The van der Waals surface area contributed by atoms with Crippen LogP contribution in [0.4, 0.5) is 17.1 Å². The van der Waals surface area contributed by atoms with Crippen molar-refractivity contribution in [2.45, 2.75) is 25.8 Å². The summed E-state index contributed by atoms with van der Waals surface area (Å²) >= 11 is 0. The highest BCUT2D eigenvalue weighted by molar-refractivity contribution is 6.14. The minimum Gasteiger partial charge on any atom is -0.397 e. The van der Waals surface area contributed by atoms with Gasteiger partial charge in [0, 0.05) is 34.1 Å².